The lowest BCUT2D eigenvalue weighted by Crippen LogP contribution is -2.53. The van der Waals surface area contributed by atoms with Gasteiger partial charge in [-0.2, -0.15) is 0 Å². The lowest BCUT2D eigenvalue weighted by molar-refractivity contribution is -0.0633. The molecular weight excluding hydrogens is 1650 g/mol. The smallest absolute Gasteiger partial charge is 0.257 e. The van der Waals surface area contributed by atoms with E-state index < -0.39 is 83.3 Å². The highest BCUT2D eigenvalue weighted by molar-refractivity contribution is 7.90. The summed E-state index contributed by atoms with van der Waals surface area (Å²) in [6.45, 7) is 30.7. The number of likely N-dealkylation sites (N-methyl/N-ethyl adjacent to an activating group) is 2. The van der Waals surface area contributed by atoms with Gasteiger partial charge in [0.2, 0.25) is 47.7 Å². The van der Waals surface area contributed by atoms with Crippen LogP contribution in [0.2, 0.25) is 0 Å². The van der Waals surface area contributed by atoms with Crippen LogP contribution in [-0.4, -0.2) is 197 Å². The van der Waals surface area contributed by atoms with E-state index >= 15 is 0 Å². The number of anilines is 1. The number of fused-ring (bicyclic) bond motifs is 3. The summed E-state index contributed by atoms with van der Waals surface area (Å²) >= 11 is 0. The number of hydrogen-bond acceptors (Lipinski definition) is 21. The first kappa shape index (κ1) is 92.6. The second-order valence-electron chi connectivity index (χ2n) is 34.7. The zero-order chi connectivity index (χ0) is 89.7. The van der Waals surface area contributed by atoms with E-state index in [0.29, 0.717) is 53.0 Å². The van der Waals surface area contributed by atoms with Crippen molar-refractivity contribution >= 4 is 53.5 Å². The van der Waals surface area contributed by atoms with Crippen molar-refractivity contribution in [1.82, 2.24) is 53.6 Å². The maximum atomic E-state index is 13.8. The quantitative estimate of drug-likeness (QED) is 0.0279. The van der Waals surface area contributed by atoms with Gasteiger partial charge in [0.05, 0.1) is 49.5 Å². The standard InChI is InChI=1S/2C32H40N4O5S.C31H38N4O5S/c2*1-5-22-12-14-26(15-13-22)42(39,40)34-28-27-18-24(19-33-30(27)41-32(3,4)29(28)37)31(38)36(6-2)25-16-17-35(21-25)20-23-10-8-7-9-11-23;1-6-21-12-14-23(15-13-21)41(38,39)34-27-24-17-22(18-32-29(24)40-31(4,5)28(27)36)30(37)35-16-8-11-25(35)33-26-19(2)9-7-10-20(26)3/h2*7-15,18-19,25,28-29,34,37H,5-6,16-17,20-21H2,1-4H3;7,9-10,12-15,17-18,25,27-28,33-34,36H,6,8,11,16H2,1-5H3/t25-,28+,29-;25-,28-,29+;25-,27+,28-/m010/s1. The normalized spacial score (nSPS) is 21.8. The predicted octanol–water partition coefficient (Wildman–Crippen LogP) is 12.4. The van der Waals surface area contributed by atoms with Crippen LogP contribution < -0.4 is 33.7 Å². The lowest BCUT2D eigenvalue weighted by atomic mass is 9.88. The number of nitrogens with one attached hydrogen (secondary N) is 4. The Balaban J connectivity index is 0.000000161. The molecule has 0 saturated carbocycles. The average molecular weight is 1760 g/mol. The molecule has 0 bridgehead atoms. The number of pyridine rings is 3. The maximum Gasteiger partial charge on any atom is 0.257 e. The zero-order valence-electron chi connectivity index (χ0n) is 73.5. The summed E-state index contributed by atoms with van der Waals surface area (Å²) in [5, 5.41) is 37.3. The van der Waals surface area contributed by atoms with Gasteiger partial charge in [-0.3, -0.25) is 24.2 Å². The zero-order valence-corrected chi connectivity index (χ0v) is 75.9. The van der Waals surface area contributed by atoms with Crippen LogP contribution in [0.1, 0.15) is 207 Å². The monoisotopic (exact) mass is 1760 g/mol. The molecule has 0 unspecified atom stereocenters. The van der Waals surface area contributed by atoms with Gasteiger partial charge in [0.25, 0.3) is 17.7 Å². The largest absolute Gasteiger partial charge is 0.469 e. The number of aromatic nitrogens is 3. The van der Waals surface area contributed by atoms with Gasteiger partial charge in [-0.15, -0.1) is 0 Å². The Morgan fingerprint density at radius 3 is 1.11 bits per heavy atom. The van der Waals surface area contributed by atoms with Crippen molar-refractivity contribution in [2.24, 2.45) is 0 Å². The summed E-state index contributed by atoms with van der Waals surface area (Å²) in [5.74, 6) is -0.0382. The number of nitrogens with zero attached hydrogens (tertiary/aromatic N) is 8. The summed E-state index contributed by atoms with van der Waals surface area (Å²) in [7, 11) is -12.0. The van der Waals surface area contributed by atoms with Crippen molar-refractivity contribution in [3.63, 3.8) is 0 Å². The van der Waals surface area contributed by atoms with Gasteiger partial charge in [-0.05, 0) is 208 Å². The second kappa shape index (κ2) is 38.6. The third-order valence-electron chi connectivity index (χ3n) is 24.7. The first-order chi connectivity index (χ1) is 59.4. The maximum absolute atomic E-state index is 13.8. The van der Waals surface area contributed by atoms with Crippen LogP contribution in [0.15, 0.2) is 203 Å². The molecule has 9 heterocycles. The fraction of sp³-hybridized carbons (Fsp3) is 0.432. The van der Waals surface area contributed by atoms with Gasteiger partial charge in [-0.1, -0.05) is 136 Å². The van der Waals surface area contributed by atoms with Crippen molar-refractivity contribution in [3.8, 4) is 17.6 Å². The van der Waals surface area contributed by atoms with E-state index in [9.17, 15) is 55.0 Å². The fourth-order valence-electron chi connectivity index (χ4n) is 17.2. The Morgan fingerprint density at radius 2 is 0.776 bits per heavy atom. The van der Waals surface area contributed by atoms with Crippen molar-refractivity contribution in [3.05, 3.63) is 261 Å². The van der Waals surface area contributed by atoms with E-state index in [2.05, 4.69) is 68.5 Å². The minimum Gasteiger partial charge on any atom is -0.469 e. The number of amides is 3. The molecule has 0 spiro atoms. The van der Waals surface area contributed by atoms with E-state index in [1.165, 1.54) is 29.7 Å². The SMILES string of the molecule is CCc1ccc(S(=O)(=O)N[C@@H]2c3cc(C(=O)N(CC)[C@@H]4CCN(Cc5ccccc5)C4)cnc3OC(C)(C)[C@H]2O)cc1.CCc1ccc(S(=O)(=O)N[C@@H]2c3cc(C(=O)N(CC)[C@H]4CCN(Cc5ccccc5)C4)cnc3OC(C)(C)[C@H]2O)cc1.CCc1ccc(S(=O)(=O)N[C@@H]2c3cc(C(=O)N4CCC[C@H]4Nc4c(C)cccc4C)cnc3OC(C)(C)[C@H]2O)cc1. The molecule has 6 aromatic carbocycles. The molecule has 125 heavy (non-hydrogen) atoms. The van der Waals surface area contributed by atoms with Crippen molar-refractivity contribution in [2.75, 3.05) is 51.1 Å². The molecule has 9 aromatic rings. The molecule has 3 saturated heterocycles. The molecule has 6 aliphatic rings. The summed E-state index contributed by atoms with van der Waals surface area (Å²) in [5.41, 5.74) is 7.31. The Bertz CT molecular complexity index is 5430. The van der Waals surface area contributed by atoms with E-state index in [4.69, 9.17) is 14.2 Å². The summed E-state index contributed by atoms with van der Waals surface area (Å²) < 4.78 is 106. The number of likely N-dealkylation sites (tertiary alicyclic amines) is 3. The first-order valence-electron chi connectivity index (χ1n) is 43.2. The van der Waals surface area contributed by atoms with Gasteiger partial charge in [-0.25, -0.2) is 54.4 Å². The predicted molar refractivity (Wildman–Crippen MR) is 479 cm³/mol. The van der Waals surface area contributed by atoms with Gasteiger partial charge < -0.3 is 49.5 Å². The van der Waals surface area contributed by atoms with E-state index in [0.717, 1.165) is 118 Å². The third kappa shape index (κ3) is 21.0. The summed E-state index contributed by atoms with van der Waals surface area (Å²) in [6, 6.07) is 48.3. The molecule has 3 amide bonds. The number of aliphatic hydroxyl groups is 3. The van der Waals surface area contributed by atoms with Crippen LogP contribution in [0.4, 0.5) is 5.69 Å². The summed E-state index contributed by atoms with van der Waals surface area (Å²) in [4.78, 5) is 65.2. The highest BCUT2D eigenvalue weighted by Crippen LogP contribution is 2.44. The van der Waals surface area contributed by atoms with Crippen molar-refractivity contribution in [2.45, 2.75) is 234 Å². The molecule has 7 N–H and O–H groups in total. The number of hydrogen-bond donors (Lipinski definition) is 7. The molecule has 0 radical (unpaired) electrons. The molecular formula is C95H118N12O15S3. The fourth-order valence-corrected chi connectivity index (χ4v) is 20.9. The van der Waals surface area contributed by atoms with Crippen LogP contribution in [0, 0.1) is 13.8 Å². The number of ether oxygens (including phenoxy) is 3. The second-order valence-corrected chi connectivity index (χ2v) is 39.8. The van der Waals surface area contributed by atoms with Gasteiger partial charge in [0.1, 0.15) is 41.3 Å². The van der Waals surface area contributed by atoms with Gasteiger partial charge >= 0.3 is 0 Å². The molecule has 30 heteroatoms. The first-order valence-corrected chi connectivity index (χ1v) is 47.6. The van der Waals surface area contributed by atoms with Crippen LogP contribution in [0.25, 0.3) is 0 Å². The molecule has 3 aromatic heterocycles. The molecule has 15 rings (SSSR count). The Kier molecular flexibility index (Phi) is 28.6. The molecule has 27 nitrogen and oxygen atoms in total. The minimum absolute atomic E-state index is 0.0448. The number of rotatable bonds is 25. The third-order valence-corrected chi connectivity index (χ3v) is 29.1. The van der Waals surface area contributed by atoms with Crippen LogP contribution in [0.3, 0.4) is 0 Å². The van der Waals surface area contributed by atoms with E-state index in [1.54, 1.807) is 137 Å². The Morgan fingerprint density at radius 1 is 0.440 bits per heavy atom. The Labute approximate surface area is 735 Å². The van der Waals surface area contributed by atoms with Crippen molar-refractivity contribution < 1.29 is 69.2 Å². The number of carbonyl (C=O) groups is 3. The lowest BCUT2D eigenvalue weighted by Gasteiger charge is -2.41. The van der Waals surface area contributed by atoms with Gasteiger partial charge in [0.15, 0.2) is 0 Å². The molecule has 666 valence electrons. The van der Waals surface area contributed by atoms with Crippen molar-refractivity contribution in [1.29, 1.82) is 0 Å². The Hall–Kier alpha value is -10.1. The van der Waals surface area contributed by atoms with Crippen LogP contribution in [0.5, 0.6) is 17.6 Å². The number of carbonyl (C=O) groups excluding carboxylic acids is 3. The number of aliphatic hydroxyl groups excluding tert-OH is 3. The van der Waals surface area contributed by atoms with Crippen LogP contribution >= 0.6 is 0 Å². The number of aryl methyl sites for hydroxylation is 5. The number of benzene rings is 6. The molecule has 6 aliphatic heterocycles. The molecule has 9 atom stereocenters. The topological polar surface area (TPSA) is 345 Å². The average Bonchev–Trinajstić information content (AvgIpc) is 1.37. The van der Waals surface area contributed by atoms with E-state index in [1.807, 2.05) is 113 Å². The van der Waals surface area contributed by atoms with E-state index in [-0.39, 0.29) is 68.3 Å². The molecule has 3 fully saturated rings. The highest BCUT2D eigenvalue weighted by Gasteiger charge is 2.50. The number of para-hydroxylation sites is 1. The minimum atomic E-state index is -4.01. The highest BCUT2D eigenvalue weighted by atomic mass is 32.2. The number of sulfonamides is 3. The summed E-state index contributed by atoms with van der Waals surface area (Å²) in [6.07, 6.45) is 6.25. The molecule has 0 aliphatic carbocycles. The van der Waals surface area contributed by atoms with Gasteiger partial charge in [0, 0.05) is 112 Å². The van der Waals surface area contributed by atoms with Crippen LogP contribution in [-0.2, 0) is 62.4 Å².